The molecule has 57 valence electrons. The predicted octanol–water partition coefficient (Wildman–Crippen LogP) is -1.12. The summed E-state index contributed by atoms with van der Waals surface area (Å²) in [5, 5.41) is 5.91. The fourth-order valence-corrected chi connectivity index (χ4v) is 0.852. The Balaban J connectivity index is 2.25. The molecule has 4 heteroatoms. The Labute approximate surface area is 59.9 Å². The molecule has 1 saturated heterocycles. The van der Waals surface area contributed by atoms with Crippen LogP contribution in [0.15, 0.2) is 0 Å². The van der Waals surface area contributed by atoms with E-state index >= 15 is 0 Å². The lowest BCUT2D eigenvalue weighted by Crippen LogP contribution is -2.34. The normalized spacial score (nSPS) is 24.7. The van der Waals surface area contributed by atoms with Gasteiger partial charge in [-0.05, 0) is 6.92 Å². The van der Waals surface area contributed by atoms with Crippen LogP contribution in [-0.2, 0) is 9.53 Å². The predicted molar refractivity (Wildman–Crippen MR) is 36.1 cm³/mol. The first-order valence-electron chi connectivity index (χ1n) is 3.24. The number of hydrogen-bond acceptors (Lipinski definition) is 4. The first-order valence-corrected chi connectivity index (χ1v) is 3.24. The van der Waals surface area contributed by atoms with Gasteiger partial charge in [0.1, 0.15) is 6.04 Å². The van der Waals surface area contributed by atoms with E-state index in [0.29, 0.717) is 13.2 Å². The van der Waals surface area contributed by atoms with Gasteiger partial charge in [-0.2, -0.15) is 0 Å². The van der Waals surface area contributed by atoms with Crippen molar-refractivity contribution in [1.29, 1.82) is 0 Å². The standard InChI is InChI=1S/C6H11N2O2/c1-2-10-6(9)5-3-7-4-8-5/h5,7-8H,1-4H2. The zero-order valence-electron chi connectivity index (χ0n) is 5.72. The van der Waals surface area contributed by atoms with Crippen LogP contribution in [0.25, 0.3) is 0 Å². The van der Waals surface area contributed by atoms with Crippen LogP contribution < -0.4 is 10.6 Å². The van der Waals surface area contributed by atoms with E-state index in [1.165, 1.54) is 0 Å². The van der Waals surface area contributed by atoms with Gasteiger partial charge in [0.2, 0.25) is 0 Å². The van der Waals surface area contributed by atoms with Gasteiger partial charge in [0.05, 0.1) is 6.61 Å². The molecule has 1 rings (SSSR count). The SMILES string of the molecule is [CH2]COC(=O)C1CNCN1. The van der Waals surface area contributed by atoms with Crippen molar-refractivity contribution < 1.29 is 9.53 Å². The van der Waals surface area contributed by atoms with Crippen molar-refractivity contribution in [2.45, 2.75) is 6.04 Å². The molecule has 0 aliphatic carbocycles. The number of esters is 1. The molecule has 1 atom stereocenters. The molecular weight excluding hydrogens is 132 g/mol. The van der Waals surface area contributed by atoms with Gasteiger partial charge in [-0.25, -0.2) is 0 Å². The van der Waals surface area contributed by atoms with Crippen LogP contribution in [-0.4, -0.2) is 31.8 Å². The fraction of sp³-hybridized carbons (Fsp3) is 0.667. The van der Waals surface area contributed by atoms with Crippen LogP contribution in [0.1, 0.15) is 0 Å². The molecule has 2 N–H and O–H groups in total. The Hall–Kier alpha value is -0.610. The van der Waals surface area contributed by atoms with Gasteiger partial charge in [-0.1, -0.05) is 0 Å². The summed E-state index contributed by atoms with van der Waals surface area (Å²) in [6.07, 6.45) is 0. The lowest BCUT2D eigenvalue weighted by Gasteiger charge is -2.06. The second kappa shape index (κ2) is 3.53. The van der Waals surface area contributed by atoms with E-state index in [0.717, 1.165) is 0 Å². The number of hydrogen-bond donors (Lipinski definition) is 2. The maximum Gasteiger partial charge on any atom is 0.324 e. The van der Waals surface area contributed by atoms with Crippen LogP contribution in [0.5, 0.6) is 0 Å². The van der Waals surface area contributed by atoms with Crippen molar-refractivity contribution in [2.24, 2.45) is 0 Å². The third-order valence-corrected chi connectivity index (χ3v) is 1.35. The topological polar surface area (TPSA) is 50.4 Å². The Bertz CT molecular complexity index is 121. The molecule has 0 amide bonds. The summed E-state index contributed by atoms with van der Waals surface area (Å²) in [4.78, 5) is 10.9. The fourth-order valence-electron chi connectivity index (χ4n) is 0.852. The molecule has 0 spiro atoms. The zero-order valence-corrected chi connectivity index (χ0v) is 5.72. The van der Waals surface area contributed by atoms with Crippen molar-refractivity contribution in [3.63, 3.8) is 0 Å². The lowest BCUT2D eigenvalue weighted by atomic mass is 10.3. The van der Waals surface area contributed by atoms with Crippen LogP contribution in [0.2, 0.25) is 0 Å². The highest BCUT2D eigenvalue weighted by atomic mass is 16.5. The van der Waals surface area contributed by atoms with E-state index in [1.54, 1.807) is 0 Å². The minimum absolute atomic E-state index is 0.179. The maximum atomic E-state index is 10.9. The van der Waals surface area contributed by atoms with Gasteiger partial charge in [-0.3, -0.25) is 10.1 Å². The first-order chi connectivity index (χ1) is 4.84. The molecule has 1 fully saturated rings. The molecule has 1 aliphatic rings. The molecule has 0 aromatic carbocycles. The van der Waals surface area contributed by atoms with E-state index in [2.05, 4.69) is 22.3 Å². The van der Waals surface area contributed by atoms with Crippen molar-refractivity contribution in [3.8, 4) is 0 Å². The number of rotatable bonds is 2. The Kier molecular flexibility index (Phi) is 2.65. The second-order valence-electron chi connectivity index (χ2n) is 2.06. The van der Waals surface area contributed by atoms with Gasteiger partial charge in [0.25, 0.3) is 0 Å². The highest BCUT2D eigenvalue weighted by Crippen LogP contribution is 1.91. The molecule has 0 aromatic heterocycles. The third kappa shape index (κ3) is 1.68. The van der Waals surface area contributed by atoms with Gasteiger partial charge in [0.15, 0.2) is 0 Å². The second-order valence-corrected chi connectivity index (χ2v) is 2.06. The van der Waals surface area contributed by atoms with E-state index in [9.17, 15) is 4.79 Å². The summed E-state index contributed by atoms with van der Waals surface area (Å²) >= 11 is 0. The summed E-state index contributed by atoms with van der Waals surface area (Å²) in [6, 6.07) is -0.179. The zero-order chi connectivity index (χ0) is 7.40. The Morgan fingerprint density at radius 3 is 3.10 bits per heavy atom. The molecule has 4 nitrogen and oxygen atoms in total. The molecule has 1 aliphatic heterocycles. The molecule has 0 saturated carbocycles. The van der Waals surface area contributed by atoms with E-state index in [-0.39, 0.29) is 18.6 Å². The minimum atomic E-state index is -0.222. The van der Waals surface area contributed by atoms with Gasteiger partial charge in [0, 0.05) is 13.2 Å². The average molecular weight is 143 g/mol. The van der Waals surface area contributed by atoms with Gasteiger partial charge >= 0.3 is 5.97 Å². The Morgan fingerprint density at radius 2 is 2.60 bits per heavy atom. The summed E-state index contributed by atoms with van der Waals surface area (Å²) in [5.41, 5.74) is 0. The molecule has 1 unspecified atom stereocenters. The van der Waals surface area contributed by atoms with Crippen LogP contribution >= 0.6 is 0 Å². The molecular formula is C6H11N2O2. The number of carbonyl (C=O) groups excluding carboxylic acids is 1. The first kappa shape index (κ1) is 7.50. The van der Waals surface area contributed by atoms with Crippen molar-refractivity contribution >= 4 is 5.97 Å². The van der Waals surface area contributed by atoms with Crippen molar-refractivity contribution in [3.05, 3.63) is 6.92 Å². The summed E-state index contributed by atoms with van der Waals surface area (Å²) in [6.45, 7) is 4.94. The molecule has 0 aromatic rings. The maximum absolute atomic E-state index is 10.9. The summed E-state index contributed by atoms with van der Waals surface area (Å²) < 4.78 is 4.67. The largest absolute Gasteiger partial charge is 0.464 e. The monoisotopic (exact) mass is 143 g/mol. The minimum Gasteiger partial charge on any atom is -0.464 e. The molecule has 10 heavy (non-hydrogen) atoms. The van der Waals surface area contributed by atoms with E-state index < -0.39 is 0 Å². The number of ether oxygens (including phenoxy) is 1. The summed E-state index contributed by atoms with van der Waals surface area (Å²) in [7, 11) is 0. The van der Waals surface area contributed by atoms with E-state index in [1.807, 2.05) is 0 Å². The summed E-state index contributed by atoms with van der Waals surface area (Å²) in [5.74, 6) is -0.222. The van der Waals surface area contributed by atoms with Crippen molar-refractivity contribution in [2.75, 3.05) is 19.8 Å². The van der Waals surface area contributed by atoms with Crippen LogP contribution in [0, 0.1) is 6.92 Å². The van der Waals surface area contributed by atoms with Crippen LogP contribution in [0.4, 0.5) is 0 Å². The van der Waals surface area contributed by atoms with Crippen LogP contribution in [0.3, 0.4) is 0 Å². The quantitative estimate of drug-likeness (QED) is 0.481. The van der Waals surface area contributed by atoms with E-state index in [4.69, 9.17) is 0 Å². The molecule has 1 heterocycles. The lowest BCUT2D eigenvalue weighted by molar-refractivity contribution is -0.144. The van der Waals surface area contributed by atoms with Crippen molar-refractivity contribution in [1.82, 2.24) is 10.6 Å². The number of nitrogens with one attached hydrogen (secondary N) is 2. The highest BCUT2D eigenvalue weighted by Gasteiger charge is 2.22. The van der Waals surface area contributed by atoms with Gasteiger partial charge < -0.3 is 10.1 Å². The number of carbonyl (C=O) groups is 1. The molecule has 1 radical (unpaired) electrons. The highest BCUT2D eigenvalue weighted by molar-refractivity contribution is 5.76. The third-order valence-electron chi connectivity index (χ3n) is 1.35. The van der Waals surface area contributed by atoms with Gasteiger partial charge in [-0.15, -0.1) is 0 Å². The average Bonchev–Trinajstić information content (AvgIpc) is 2.38. The smallest absolute Gasteiger partial charge is 0.324 e. The Morgan fingerprint density at radius 1 is 1.80 bits per heavy atom. The molecule has 0 bridgehead atoms.